The summed E-state index contributed by atoms with van der Waals surface area (Å²) in [5.74, 6) is 0. The molecule has 0 amide bonds. The quantitative estimate of drug-likeness (QED) is 0.478. The highest BCUT2D eigenvalue weighted by molar-refractivity contribution is 7.17. The molecule has 0 fully saturated rings. The summed E-state index contributed by atoms with van der Waals surface area (Å²) in [6.45, 7) is 4.15. The Bertz CT molecular complexity index is 1060. The van der Waals surface area contributed by atoms with Crippen molar-refractivity contribution >= 4 is 33.6 Å². The number of benzene rings is 2. The van der Waals surface area contributed by atoms with Crippen LogP contribution >= 0.6 is 22.9 Å². The van der Waals surface area contributed by atoms with Gasteiger partial charge in [-0.15, -0.1) is 11.3 Å². The summed E-state index contributed by atoms with van der Waals surface area (Å²) in [7, 11) is 0. The van der Waals surface area contributed by atoms with E-state index in [1.165, 1.54) is 4.88 Å². The topological polar surface area (TPSA) is 43.3 Å². The molecule has 0 aliphatic carbocycles. The van der Waals surface area contributed by atoms with Gasteiger partial charge in [-0.05, 0) is 43.7 Å². The average Bonchev–Trinajstić information content (AvgIpc) is 3.07. The van der Waals surface area contributed by atoms with Crippen molar-refractivity contribution < 1.29 is 0 Å². The van der Waals surface area contributed by atoms with Crippen molar-refractivity contribution in [2.75, 3.05) is 5.73 Å². The maximum absolute atomic E-state index is 6.17. The highest BCUT2D eigenvalue weighted by atomic mass is 35.5. The fourth-order valence-electron chi connectivity index (χ4n) is 2.92. The van der Waals surface area contributed by atoms with Crippen LogP contribution in [0.15, 0.2) is 48.7 Å². The van der Waals surface area contributed by atoms with Crippen molar-refractivity contribution in [2.24, 2.45) is 0 Å². The lowest BCUT2D eigenvalue weighted by Crippen LogP contribution is -1.88. The number of hydrogen-bond donors (Lipinski definition) is 1. The molecule has 24 heavy (non-hydrogen) atoms. The van der Waals surface area contributed by atoms with Gasteiger partial charge in [0.15, 0.2) is 4.96 Å². The molecule has 2 aromatic heterocycles. The molecule has 0 aliphatic heterocycles. The Morgan fingerprint density at radius 2 is 1.92 bits per heavy atom. The SMILES string of the molecule is Cc1cc(-c2c(C)sc3nc(-c4cccc(N)c4)cn23)ccc1Cl. The van der Waals surface area contributed by atoms with Crippen LogP contribution in [0.25, 0.3) is 27.5 Å². The maximum Gasteiger partial charge on any atom is 0.194 e. The van der Waals surface area contributed by atoms with E-state index in [1.54, 1.807) is 11.3 Å². The van der Waals surface area contributed by atoms with E-state index in [2.05, 4.69) is 29.7 Å². The smallest absolute Gasteiger partial charge is 0.194 e. The van der Waals surface area contributed by atoms with Crippen LogP contribution in [0, 0.1) is 13.8 Å². The minimum absolute atomic E-state index is 0.744. The third-order valence-electron chi connectivity index (χ3n) is 4.11. The molecule has 0 saturated heterocycles. The Hall–Kier alpha value is -2.30. The fraction of sp³-hybridized carbons (Fsp3) is 0.105. The van der Waals surface area contributed by atoms with Crippen LogP contribution in [0.3, 0.4) is 0 Å². The molecule has 5 heteroatoms. The van der Waals surface area contributed by atoms with Gasteiger partial charge in [0, 0.05) is 32.9 Å². The second-order valence-corrected chi connectivity index (χ2v) is 7.46. The molecule has 2 N–H and O–H groups in total. The second-order valence-electron chi connectivity index (χ2n) is 5.88. The van der Waals surface area contributed by atoms with Crippen molar-refractivity contribution in [3.63, 3.8) is 0 Å². The Balaban J connectivity index is 1.90. The molecule has 3 nitrogen and oxygen atoms in total. The van der Waals surface area contributed by atoms with Gasteiger partial charge in [0.1, 0.15) is 0 Å². The van der Waals surface area contributed by atoms with Crippen molar-refractivity contribution in [3.8, 4) is 22.5 Å². The third-order valence-corrected chi connectivity index (χ3v) is 5.50. The fourth-order valence-corrected chi connectivity index (χ4v) is 4.01. The molecular weight excluding hydrogens is 338 g/mol. The maximum atomic E-state index is 6.17. The summed E-state index contributed by atoms with van der Waals surface area (Å²) in [6, 6.07) is 13.9. The summed E-state index contributed by atoms with van der Waals surface area (Å²) >= 11 is 7.86. The molecule has 4 aromatic rings. The molecule has 0 spiro atoms. The van der Waals surface area contributed by atoms with E-state index in [4.69, 9.17) is 22.3 Å². The third kappa shape index (κ3) is 2.48. The number of fused-ring (bicyclic) bond motifs is 1. The summed E-state index contributed by atoms with van der Waals surface area (Å²) in [5.41, 5.74) is 12.0. The molecule has 4 rings (SSSR count). The molecule has 0 radical (unpaired) electrons. The van der Waals surface area contributed by atoms with Crippen LogP contribution in [0.5, 0.6) is 0 Å². The van der Waals surface area contributed by atoms with Crippen molar-refractivity contribution in [1.29, 1.82) is 0 Å². The minimum atomic E-state index is 0.744. The molecule has 120 valence electrons. The largest absolute Gasteiger partial charge is 0.399 e. The van der Waals surface area contributed by atoms with E-state index in [0.717, 1.165) is 43.7 Å². The molecule has 0 atom stereocenters. The number of aromatic nitrogens is 2. The lowest BCUT2D eigenvalue weighted by Gasteiger charge is -2.05. The molecular formula is C19H16ClN3S. The zero-order valence-electron chi connectivity index (χ0n) is 13.4. The molecule has 0 bridgehead atoms. The van der Waals surface area contributed by atoms with Gasteiger partial charge >= 0.3 is 0 Å². The molecule has 0 aliphatic rings. The van der Waals surface area contributed by atoms with Gasteiger partial charge in [0.2, 0.25) is 0 Å². The predicted octanol–water partition coefficient (Wildman–Crippen LogP) is 5.58. The van der Waals surface area contributed by atoms with Crippen LogP contribution < -0.4 is 5.73 Å². The standard InChI is InChI=1S/C19H16ClN3S/c1-11-8-14(6-7-16(11)20)18-12(2)24-19-22-17(10-23(18)19)13-4-3-5-15(21)9-13/h3-10H,21H2,1-2H3. The van der Waals surface area contributed by atoms with Crippen molar-refractivity contribution in [2.45, 2.75) is 13.8 Å². The second kappa shape index (κ2) is 5.65. The zero-order chi connectivity index (χ0) is 16.8. The first-order chi connectivity index (χ1) is 11.5. The number of aryl methyl sites for hydroxylation is 2. The number of nitrogen functional groups attached to an aromatic ring is 1. The van der Waals surface area contributed by atoms with Crippen LogP contribution in [0.1, 0.15) is 10.4 Å². The van der Waals surface area contributed by atoms with Crippen molar-refractivity contribution in [1.82, 2.24) is 9.38 Å². The Morgan fingerprint density at radius 3 is 2.67 bits per heavy atom. The number of anilines is 1. The van der Waals surface area contributed by atoms with E-state index in [9.17, 15) is 0 Å². The number of thiazole rings is 1. The van der Waals surface area contributed by atoms with E-state index < -0.39 is 0 Å². The first kappa shape index (κ1) is 15.2. The average molecular weight is 354 g/mol. The zero-order valence-corrected chi connectivity index (χ0v) is 14.9. The minimum Gasteiger partial charge on any atom is -0.399 e. The number of nitrogens with zero attached hydrogens (tertiary/aromatic N) is 2. The number of imidazole rings is 1. The van der Waals surface area contributed by atoms with Crippen LogP contribution in [-0.4, -0.2) is 9.38 Å². The number of hydrogen-bond acceptors (Lipinski definition) is 3. The predicted molar refractivity (Wildman–Crippen MR) is 103 cm³/mol. The monoisotopic (exact) mass is 353 g/mol. The van der Waals surface area contributed by atoms with Gasteiger partial charge in [-0.25, -0.2) is 4.98 Å². The molecule has 2 heterocycles. The Kier molecular flexibility index (Phi) is 3.59. The van der Waals surface area contributed by atoms with Gasteiger partial charge < -0.3 is 5.73 Å². The van der Waals surface area contributed by atoms with E-state index >= 15 is 0 Å². The first-order valence-electron chi connectivity index (χ1n) is 7.64. The van der Waals surface area contributed by atoms with Gasteiger partial charge in [-0.1, -0.05) is 29.8 Å². The van der Waals surface area contributed by atoms with E-state index in [1.807, 2.05) is 37.3 Å². The summed E-state index contributed by atoms with van der Waals surface area (Å²) in [6.07, 6.45) is 2.08. The normalized spacial score (nSPS) is 11.3. The lowest BCUT2D eigenvalue weighted by atomic mass is 10.1. The first-order valence-corrected chi connectivity index (χ1v) is 8.83. The Labute approximate surface area is 149 Å². The number of nitrogens with two attached hydrogens (primary N) is 1. The Morgan fingerprint density at radius 1 is 1.08 bits per heavy atom. The molecule has 0 saturated carbocycles. The van der Waals surface area contributed by atoms with Gasteiger partial charge in [-0.2, -0.15) is 0 Å². The number of halogens is 1. The van der Waals surface area contributed by atoms with E-state index in [-0.39, 0.29) is 0 Å². The lowest BCUT2D eigenvalue weighted by molar-refractivity contribution is 1.22. The van der Waals surface area contributed by atoms with Crippen LogP contribution in [0.4, 0.5) is 5.69 Å². The molecule has 0 unspecified atom stereocenters. The van der Waals surface area contributed by atoms with Crippen LogP contribution in [-0.2, 0) is 0 Å². The van der Waals surface area contributed by atoms with Gasteiger partial charge in [0.25, 0.3) is 0 Å². The highest BCUT2D eigenvalue weighted by Gasteiger charge is 2.15. The van der Waals surface area contributed by atoms with Gasteiger partial charge in [0.05, 0.1) is 11.4 Å². The van der Waals surface area contributed by atoms with Crippen molar-refractivity contribution in [3.05, 3.63) is 64.1 Å². The summed E-state index contributed by atoms with van der Waals surface area (Å²) in [4.78, 5) is 6.98. The van der Waals surface area contributed by atoms with Crippen LogP contribution in [0.2, 0.25) is 5.02 Å². The summed E-state index contributed by atoms with van der Waals surface area (Å²) in [5, 5.41) is 0.786. The molecule has 2 aromatic carbocycles. The highest BCUT2D eigenvalue weighted by Crippen LogP contribution is 2.34. The number of rotatable bonds is 2. The van der Waals surface area contributed by atoms with E-state index in [0.29, 0.717) is 0 Å². The van der Waals surface area contributed by atoms with Gasteiger partial charge in [-0.3, -0.25) is 4.40 Å². The summed E-state index contributed by atoms with van der Waals surface area (Å²) < 4.78 is 2.15.